The van der Waals surface area contributed by atoms with Crippen LogP contribution in [0.1, 0.15) is 43.8 Å². The number of amides is 1. The molecule has 23 heavy (non-hydrogen) atoms. The van der Waals surface area contributed by atoms with Gasteiger partial charge in [0.05, 0.1) is 23.9 Å². The number of rotatable bonds is 6. The Kier molecular flexibility index (Phi) is 5.13. The molecule has 0 unspecified atom stereocenters. The third-order valence-electron chi connectivity index (χ3n) is 3.56. The third kappa shape index (κ3) is 3.57. The molecule has 0 aromatic carbocycles. The number of methoxy groups -OCH3 is 1. The van der Waals surface area contributed by atoms with Crippen molar-refractivity contribution in [2.45, 2.75) is 19.9 Å². The summed E-state index contributed by atoms with van der Waals surface area (Å²) in [4.78, 5) is 30.7. The SMILES string of the molecule is COC[C@H](NC(=O)c1c(C)[nH]c(C(=O)O)c1C)c1ccccn1. The number of H-pyrrole nitrogens is 1. The number of ether oxygens (including phenoxy) is 1. The van der Waals surface area contributed by atoms with Gasteiger partial charge in [-0.25, -0.2) is 4.79 Å². The van der Waals surface area contributed by atoms with Gasteiger partial charge in [0.25, 0.3) is 5.91 Å². The van der Waals surface area contributed by atoms with Crippen molar-refractivity contribution in [3.8, 4) is 0 Å². The lowest BCUT2D eigenvalue weighted by molar-refractivity contribution is 0.0690. The van der Waals surface area contributed by atoms with Crippen LogP contribution in [-0.2, 0) is 4.74 Å². The summed E-state index contributed by atoms with van der Waals surface area (Å²) in [5.74, 6) is -1.46. The summed E-state index contributed by atoms with van der Waals surface area (Å²) in [6.45, 7) is 3.53. The van der Waals surface area contributed by atoms with Crippen LogP contribution in [0.5, 0.6) is 0 Å². The molecule has 2 aromatic rings. The summed E-state index contributed by atoms with van der Waals surface area (Å²) in [6, 6.07) is 4.99. The minimum absolute atomic E-state index is 0.0220. The molecule has 7 nitrogen and oxygen atoms in total. The predicted molar refractivity (Wildman–Crippen MR) is 83.5 cm³/mol. The number of carboxylic acids is 1. The van der Waals surface area contributed by atoms with E-state index in [0.717, 1.165) is 0 Å². The van der Waals surface area contributed by atoms with Gasteiger partial charge in [0.15, 0.2) is 0 Å². The second kappa shape index (κ2) is 7.06. The van der Waals surface area contributed by atoms with E-state index in [4.69, 9.17) is 9.84 Å². The number of aromatic amines is 1. The highest BCUT2D eigenvalue weighted by Crippen LogP contribution is 2.19. The van der Waals surface area contributed by atoms with Gasteiger partial charge in [0, 0.05) is 19.0 Å². The van der Waals surface area contributed by atoms with Crippen molar-refractivity contribution in [1.82, 2.24) is 15.3 Å². The Labute approximate surface area is 133 Å². The van der Waals surface area contributed by atoms with Crippen LogP contribution in [-0.4, -0.2) is 40.7 Å². The van der Waals surface area contributed by atoms with E-state index in [1.165, 1.54) is 7.11 Å². The Morgan fingerprint density at radius 1 is 1.39 bits per heavy atom. The lowest BCUT2D eigenvalue weighted by atomic mass is 10.1. The first-order chi connectivity index (χ1) is 11.0. The average Bonchev–Trinajstić information content (AvgIpc) is 2.82. The van der Waals surface area contributed by atoms with E-state index < -0.39 is 12.0 Å². The smallest absolute Gasteiger partial charge is 0.352 e. The lowest BCUT2D eigenvalue weighted by Gasteiger charge is -2.17. The van der Waals surface area contributed by atoms with Gasteiger partial charge in [-0.15, -0.1) is 0 Å². The molecular formula is C16H19N3O4. The molecule has 0 bridgehead atoms. The van der Waals surface area contributed by atoms with Gasteiger partial charge < -0.3 is 20.1 Å². The summed E-state index contributed by atoms with van der Waals surface area (Å²) in [5.41, 5.74) is 1.94. The highest BCUT2D eigenvalue weighted by Gasteiger charge is 2.24. The Hall–Kier alpha value is -2.67. The molecule has 0 saturated heterocycles. The van der Waals surface area contributed by atoms with Crippen molar-refractivity contribution < 1.29 is 19.4 Å². The summed E-state index contributed by atoms with van der Waals surface area (Å²) >= 11 is 0. The van der Waals surface area contributed by atoms with Crippen LogP contribution >= 0.6 is 0 Å². The Morgan fingerprint density at radius 2 is 2.13 bits per heavy atom. The topological polar surface area (TPSA) is 104 Å². The number of hydrogen-bond acceptors (Lipinski definition) is 4. The van der Waals surface area contributed by atoms with Gasteiger partial charge in [-0.2, -0.15) is 0 Å². The average molecular weight is 317 g/mol. The molecule has 7 heteroatoms. The van der Waals surface area contributed by atoms with Crippen LogP contribution < -0.4 is 5.32 Å². The monoisotopic (exact) mass is 317 g/mol. The minimum atomic E-state index is -1.09. The highest BCUT2D eigenvalue weighted by molar-refractivity contribution is 6.01. The van der Waals surface area contributed by atoms with Gasteiger partial charge in [0.2, 0.25) is 0 Å². The molecule has 122 valence electrons. The number of hydrogen-bond donors (Lipinski definition) is 3. The molecule has 0 aliphatic carbocycles. The Bertz CT molecular complexity index is 710. The summed E-state index contributed by atoms with van der Waals surface area (Å²) in [7, 11) is 1.54. The van der Waals surface area contributed by atoms with Gasteiger partial charge >= 0.3 is 5.97 Å². The van der Waals surface area contributed by atoms with E-state index in [1.807, 2.05) is 6.07 Å². The Balaban J connectivity index is 2.28. The first-order valence-electron chi connectivity index (χ1n) is 7.08. The van der Waals surface area contributed by atoms with Crippen LogP contribution in [0.3, 0.4) is 0 Å². The first kappa shape index (κ1) is 16.7. The van der Waals surface area contributed by atoms with E-state index >= 15 is 0 Å². The van der Waals surface area contributed by atoms with Crippen LogP contribution in [0.15, 0.2) is 24.4 Å². The molecule has 0 aliphatic rings. The van der Waals surface area contributed by atoms with Crippen LogP contribution in [0, 0.1) is 13.8 Å². The van der Waals surface area contributed by atoms with Crippen molar-refractivity contribution in [2.75, 3.05) is 13.7 Å². The summed E-state index contributed by atoms with van der Waals surface area (Å²) < 4.78 is 5.14. The molecule has 0 saturated carbocycles. The maximum atomic E-state index is 12.6. The summed E-state index contributed by atoms with van der Waals surface area (Å²) in [6.07, 6.45) is 1.64. The van der Waals surface area contributed by atoms with E-state index in [0.29, 0.717) is 22.5 Å². The van der Waals surface area contributed by atoms with Crippen molar-refractivity contribution in [2.24, 2.45) is 0 Å². The number of nitrogens with one attached hydrogen (secondary N) is 2. The fourth-order valence-corrected chi connectivity index (χ4v) is 2.48. The maximum absolute atomic E-state index is 12.6. The maximum Gasteiger partial charge on any atom is 0.352 e. The molecular weight excluding hydrogens is 298 g/mol. The van der Waals surface area contributed by atoms with Gasteiger partial charge in [-0.05, 0) is 31.5 Å². The van der Waals surface area contributed by atoms with Crippen molar-refractivity contribution in [3.63, 3.8) is 0 Å². The Morgan fingerprint density at radius 3 is 2.65 bits per heavy atom. The first-order valence-corrected chi connectivity index (χ1v) is 7.08. The molecule has 0 aliphatic heterocycles. The minimum Gasteiger partial charge on any atom is -0.477 e. The van der Waals surface area contributed by atoms with E-state index in [1.54, 1.807) is 32.2 Å². The predicted octanol–water partition coefficient (Wildman–Crippen LogP) is 1.84. The van der Waals surface area contributed by atoms with Gasteiger partial charge in [0.1, 0.15) is 5.69 Å². The molecule has 3 N–H and O–H groups in total. The second-order valence-corrected chi connectivity index (χ2v) is 5.17. The molecule has 0 radical (unpaired) electrons. The molecule has 2 heterocycles. The number of pyridine rings is 1. The van der Waals surface area contributed by atoms with E-state index in [2.05, 4.69) is 15.3 Å². The molecule has 0 spiro atoms. The normalized spacial score (nSPS) is 12.0. The fourth-order valence-electron chi connectivity index (χ4n) is 2.48. The molecule has 1 amide bonds. The highest BCUT2D eigenvalue weighted by atomic mass is 16.5. The van der Waals surface area contributed by atoms with Gasteiger partial charge in [-0.3, -0.25) is 9.78 Å². The number of carbonyl (C=O) groups excluding carboxylic acids is 1. The summed E-state index contributed by atoms with van der Waals surface area (Å²) in [5, 5.41) is 12.0. The third-order valence-corrected chi connectivity index (χ3v) is 3.56. The molecule has 2 aromatic heterocycles. The molecule has 2 rings (SSSR count). The molecule has 0 fully saturated rings. The zero-order valence-corrected chi connectivity index (χ0v) is 13.2. The van der Waals surface area contributed by atoms with Crippen LogP contribution in [0.4, 0.5) is 0 Å². The standard InChI is InChI=1S/C16H19N3O4/c1-9-13(10(2)18-14(9)16(21)22)15(20)19-12(8-23-3)11-6-4-5-7-17-11/h4-7,12,18H,8H2,1-3H3,(H,19,20)(H,21,22)/t12-/m0/s1. The van der Waals surface area contributed by atoms with Crippen LogP contribution in [0.2, 0.25) is 0 Å². The fraction of sp³-hybridized carbons (Fsp3) is 0.312. The van der Waals surface area contributed by atoms with Crippen molar-refractivity contribution in [1.29, 1.82) is 0 Å². The van der Waals surface area contributed by atoms with E-state index in [-0.39, 0.29) is 18.2 Å². The zero-order valence-electron chi connectivity index (χ0n) is 13.2. The van der Waals surface area contributed by atoms with Crippen LogP contribution in [0.25, 0.3) is 0 Å². The van der Waals surface area contributed by atoms with Gasteiger partial charge in [-0.1, -0.05) is 6.07 Å². The number of aryl methyl sites for hydroxylation is 1. The second-order valence-electron chi connectivity index (χ2n) is 5.17. The number of aromatic carboxylic acids is 1. The van der Waals surface area contributed by atoms with Crippen molar-refractivity contribution in [3.05, 3.63) is 52.6 Å². The number of carbonyl (C=O) groups is 2. The number of aromatic nitrogens is 2. The number of carboxylic acid groups (broad SMARTS) is 1. The van der Waals surface area contributed by atoms with E-state index in [9.17, 15) is 9.59 Å². The number of nitrogens with zero attached hydrogens (tertiary/aromatic N) is 1. The largest absolute Gasteiger partial charge is 0.477 e. The van der Waals surface area contributed by atoms with Crippen molar-refractivity contribution >= 4 is 11.9 Å². The lowest BCUT2D eigenvalue weighted by Crippen LogP contribution is -2.32. The molecule has 1 atom stereocenters. The quantitative estimate of drug-likeness (QED) is 0.754. The zero-order chi connectivity index (χ0) is 17.0.